The highest BCUT2D eigenvalue weighted by Gasteiger charge is 2.57. The van der Waals surface area contributed by atoms with Crippen LogP contribution in [0.15, 0.2) is 12.2 Å². The second-order valence-corrected chi connectivity index (χ2v) is 12.1. The molecule has 6 nitrogen and oxygen atoms in total. The maximum atomic E-state index is 12.6. The summed E-state index contributed by atoms with van der Waals surface area (Å²) in [7, 11) is 0. The van der Waals surface area contributed by atoms with Gasteiger partial charge in [0.2, 0.25) is 12.1 Å². The Labute approximate surface area is 205 Å². The monoisotopic (exact) mass is 476 g/mol. The molecule has 2 aliphatic carbocycles. The molecule has 0 aromatic carbocycles. The maximum absolute atomic E-state index is 12.6. The third-order valence-corrected chi connectivity index (χ3v) is 8.76. The van der Waals surface area contributed by atoms with E-state index in [1.165, 1.54) is 18.9 Å². The van der Waals surface area contributed by atoms with E-state index in [-0.39, 0.29) is 24.6 Å². The number of hydrogen-bond acceptors (Lipinski definition) is 6. The summed E-state index contributed by atoms with van der Waals surface area (Å²) >= 11 is 0. The zero-order valence-electron chi connectivity index (χ0n) is 21.8. The fraction of sp³-hybridized carbons (Fsp3) is 0.857. The summed E-state index contributed by atoms with van der Waals surface area (Å²) in [5.74, 6) is 0.252. The molecule has 0 N–H and O–H groups in total. The Morgan fingerprint density at radius 2 is 1.50 bits per heavy atom. The molecule has 9 atom stereocenters. The van der Waals surface area contributed by atoms with Crippen LogP contribution in [0.1, 0.15) is 86.5 Å². The fourth-order valence-corrected chi connectivity index (χ4v) is 6.68. The number of carbonyl (C=O) groups is 2. The predicted molar refractivity (Wildman–Crippen MR) is 128 cm³/mol. The Morgan fingerprint density at radius 1 is 0.912 bits per heavy atom. The number of cyclic esters (lactones) is 2. The van der Waals surface area contributed by atoms with Crippen LogP contribution in [-0.2, 0) is 28.5 Å². The van der Waals surface area contributed by atoms with E-state index in [0.29, 0.717) is 35.5 Å². The van der Waals surface area contributed by atoms with Gasteiger partial charge in [-0.15, -0.1) is 0 Å². The van der Waals surface area contributed by atoms with E-state index in [1.54, 1.807) is 6.08 Å². The van der Waals surface area contributed by atoms with Gasteiger partial charge in [0, 0.05) is 6.08 Å². The molecule has 0 unspecified atom stereocenters. The van der Waals surface area contributed by atoms with Gasteiger partial charge in [0.25, 0.3) is 0 Å². The first-order chi connectivity index (χ1) is 16.1. The van der Waals surface area contributed by atoms with Crippen molar-refractivity contribution in [2.45, 2.75) is 111 Å². The normalized spacial score (nSPS) is 42.9. The summed E-state index contributed by atoms with van der Waals surface area (Å²) in [6, 6.07) is 0. The molecule has 2 aliphatic heterocycles. The second-order valence-electron chi connectivity index (χ2n) is 12.1. The van der Waals surface area contributed by atoms with Crippen molar-refractivity contribution in [2.75, 3.05) is 0 Å². The summed E-state index contributed by atoms with van der Waals surface area (Å²) in [6.07, 6.45) is 8.87. The number of carbonyl (C=O) groups excluding carboxylic acids is 2. The lowest BCUT2D eigenvalue weighted by atomic mass is 9.75. The molecule has 0 amide bonds. The quantitative estimate of drug-likeness (QED) is 0.443. The van der Waals surface area contributed by atoms with Gasteiger partial charge in [-0.2, -0.15) is 0 Å². The van der Waals surface area contributed by atoms with Gasteiger partial charge in [0.1, 0.15) is 5.92 Å². The van der Waals surface area contributed by atoms with Gasteiger partial charge in [-0.1, -0.05) is 54.4 Å². The molecular formula is C28H44O6. The minimum atomic E-state index is -1.32. The second kappa shape index (κ2) is 10.3. The Hall–Kier alpha value is -1.40. The molecule has 4 aliphatic rings. The Morgan fingerprint density at radius 3 is 2.06 bits per heavy atom. The van der Waals surface area contributed by atoms with E-state index in [0.717, 1.165) is 25.7 Å². The van der Waals surface area contributed by atoms with E-state index < -0.39 is 24.0 Å². The van der Waals surface area contributed by atoms with Crippen LogP contribution in [-0.4, -0.2) is 36.2 Å². The van der Waals surface area contributed by atoms with Crippen LogP contribution >= 0.6 is 0 Å². The van der Waals surface area contributed by atoms with E-state index >= 15 is 0 Å². The summed E-state index contributed by atoms with van der Waals surface area (Å²) in [6.45, 7) is 13.4. The average molecular weight is 477 g/mol. The third kappa shape index (κ3) is 5.38. The molecule has 0 aromatic rings. The van der Waals surface area contributed by atoms with Crippen molar-refractivity contribution >= 4 is 11.9 Å². The molecule has 0 aromatic heterocycles. The SMILES string of the molecule is CC(C)[C@@H]1CC[C@@H](C)C[C@H]1O[C@@H]1OC(=O)C[C@H]1[C@]1(O[C@@H]2C[C@H](C)CC[C@H]2C(C)C)C=CC(=O)O1. The van der Waals surface area contributed by atoms with Gasteiger partial charge in [-0.3, -0.25) is 4.79 Å². The van der Waals surface area contributed by atoms with Crippen LogP contribution < -0.4 is 0 Å². The minimum Gasteiger partial charge on any atom is -0.435 e. The molecule has 2 saturated carbocycles. The van der Waals surface area contributed by atoms with Gasteiger partial charge in [0.15, 0.2) is 0 Å². The van der Waals surface area contributed by atoms with E-state index in [4.69, 9.17) is 18.9 Å². The lowest BCUT2D eigenvalue weighted by molar-refractivity contribution is -0.286. The fourth-order valence-electron chi connectivity index (χ4n) is 6.68. The zero-order valence-corrected chi connectivity index (χ0v) is 21.8. The lowest BCUT2D eigenvalue weighted by Crippen LogP contribution is -2.51. The topological polar surface area (TPSA) is 71.1 Å². The van der Waals surface area contributed by atoms with Gasteiger partial charge >= 0.3 is 11.9 Å². The molecule has 192 valence electrons. The standard InChI is InChI=1S/C28H44O6/c1-16(2)20-9-7-18(5)13-23(20)31-27-22(15-26(30)32-27)28(12-11-25(29)34-28)33-24-14-19(6)8-10-21(24)17(3)4/h11-12,16-24,27H,7-10,13-15H2,1-6H3/t18-,19-,20+,21+,22-,23-,24-,27-,28+/m1/s1. The molecule has 6 heteroatoms. The molecule has 3 fully saturated rings. The highest BCUT2D eigenvalue weighted by atomic mass is 16.7. The first-order valence-corrected chi connectivity index (χ1v) is 13.5. The number of hydrogen-bond donors (Lipinski definition) is 0. The van der Waals surface area contributed by atoms with Crippen LogP contribution in [0.2, 0.25) is 0 Å². The van der Waals surface area contributed by atoms with Crippen LogP contribution in [0.4, 0.5) is 0 Å². The summed E-state index contributed by atoms with van der Waals surface area (Å²) in [4.78, 5) is 24.9. The Kier molecular flexibility index (Phi) is 7.78. The van der Waals surface area contributed by atoms with Gasteiger partial charge < -0.3 is 18.9 Å². The first-order valence-electron chi connectivity index (χ1n) is 13.5. The van der Waals surface area contributed by atoms with Gasteiger partial charge in [-0.05, 0) is 67.3 Å². The molecule has 4 rings (SSSR count). The van der Waals surface area contributed by atoms with Crippen molar-refractivity contribution in [3.8, 4) is 0 Å². The lowest BCUT2D eigenvalue weighted by Gasteiger charge is -2.44. The van der Waals surface area contributed by atoms with E-state index in [1.807, 2.05) is 0 Å². The summed E-state index contributed by atoms with van der Waals surface area (Å²) in [5.41, 5.74) is 0. The van der Waals surface area contributed by atoms with Crippen molar-refractivity contribution < 1.29 is 28.5 Å². The zero-order chi connectivity index (χ0) is 24.6. The molecule has 0 spiro atoms. The number of rotatable bonds is 7. The highest BCUT2D eigenvalue weighted by Crippen LogP contribution is 2.46. The number of ether oxygens (including phenoxy) is 4. The number of esters is 2. The van der Waals surface area contributed by atoms with E-state index in [2.05, 4.69) is 41.5 Å². The smallest absolute Gasteiger partial charge is 0.333 e. The third-order valence-electron chi connectivity index (χ3n) is 8.76. The van der Waals surface area contributed by atoms with Crippen molar-refractivity contribution in [1.82, 2.24) is 0 Å². The molecule has 0 bridgehead atoms. The first kappa shape index (κ1) is 25.7. The highest BCUT2D eigenvalue weighted by molar-refractivity contribution is 5.85. The summed E-state index contributed by atoms with van der Waals surface area (Å²) in [5, 5.41) is 0. The van der Waals surface area contributed by atoms with Crippen LogP contribution in [0.5, 0.6) is 0 Å². The average Bonchev–Trinajstić information content (AvgIpc) is 3.30. The van der Waals surface area contributed by atoms with Gasteiger partial charge in [-0.25, -0.2) is 4.79 Å². The molecule has 1 saturated heterocycles. The van der Waals surface area contributed by atoms with E-state index in [9.17, 15) is 9.59 Å². The van der Waals surface area contributed by atoms with Crippen molar-refractivity contribution in [2.24, 2.45) is 41.4 Å². The molecule has 34 heavy (non-hydrogen) atoms. The molecular weight excluding hydrogens is 432 g/mol. The maximum Gasteiger partial charge on any atom is 0.333 e. The Balaban J connectivity index is 1.59. The van der Waals surface area contributed by atoms with Crippen molar-refractivity contribution in [1.29, 1.82) is 0 Å². The predicted octanol–water partition coefficient (Wildman–Crippen LogP) is 5.64. The molecule has 0 radical (unpaired) electrons. The summed E-state index contributed by atoms with van der Waals surface area (Å²) < 4.78 is 25.0. The Bertz CT molecular complexity index is 775. The largest absolute Gasteiger partial charge is 0.435 e. The van der Waals surface area contributed by atoms with Crippen molar-refractivity contribution in [3.63, 3.8) is 0 Å². The van der Waals surface area contributed by atoms with Gasteiger partial charge in [0.05, 0.1) is 18.6 Å². The molecule has 2 heterocycles. The van der Waals surface area contributed by atoms with Crippen LogP contribution in [0.25, 0.3) is 0 Å². The van der Waals surface area contributed by atoms with Crippen molar-refractivity contribution in [3.05, 3.63) is 12.2 Å². The van der Waals surface area contributed by atoms with Crippen LogP contribution in [0.3, 0.4) is 0 Å². The van der Waals surface area contributed by atoms with Crippen LogP contribution in [0, 0.1) is 41.4 Å². The minimum absolute atomic E-state index is 0.0124.